The number of nitrogens with one attached hydrogen (secondary N) is 2. The summed E-state index contributed by atoms with van der Waals surface area (Å²) in [6.07, 6.45) is 9.21. The highest BCUT2D eigenvalue weighted by molar-refractivity contribution is 7.80. The Morgan fingerprint density at radius 3 is 2.61 bits per heavy atom. The molecule has 1 aliphatic carbocycles. The molecule has 5 heteroatoms. The first kappa shape index (κ1) is 17.2. The Kier molecular flexibility index (Phi) is 6.31. The van der Waals surface area contributed by atoms with Crippen molar-refractivity contribution < 1.29 is 0 Å². The third-order valence-corrected chi connectivity index (χ3v) is 6.32. The van der Waals surface area contributed by atoms with E-state index in [1.807, 2.05) is 11.3 Å². The average molecular weight is 352 g/mol. The van der Waals surface area contributed by atoms with E-state index in [1.165, 1.54) is 62.9 Å². The standard InChI is InChI=1S/C18H29N3S2/c1-14(19-18(22)20-15-8-3-2-4-9-15)17(16-10-7-13-23-16)21-11-5-6-12-21/h7,10,13-15,17H,2-6,8-9,11-12H2,1H3,(H2,19,20,22)/t14-,17+/m0/s1. The van der Waals surface area contributed by atoms with Gasteiger partial charge in [-0.05, 0) is 69.4 Å². The summed E-state index contributed by atoms with van der Waals surface area (Å²) in [5.41, 5.74) is 0. The second-order valence-corrected chi connectivity index (χ2v) is 8.33. The van der Waals surface area contributed by atoms with Crippen molar-refractivity contribution >= 4 is 28.7 Å². The largest absolute Gasteiger partial charge is 0.360 e. The molecule has 2 fully saturated rings. The molecule has 2 N–H and O–H groups in total. The van der Waals surface area contributed by atoms with Crippen LogP contribution < -0.4 is 10.6 Å². The highest BCUT2D eigenvalue weighted by atomic mass is 32.1. The van der Waals surface area contributed by atoms with Crippen molar-refractivity contribution in [1.82, 2.24) is 15.5 Å². The summed E-state index contributed by atoms with van der Waals surface area (Å²) in [5, 5.41) is 10.1. The minimum atomic E-state index is 0.329. The van der Waals surface area contributed by atoms with Crippen LogP contribution in [0.3, 0.4) is 0 Å². The number of nitrogens with zero attached hydrogens (tertiary/aromatic N) is 1. The number of rotatable bonds is 5. The summed E-state index contributed by atoms with van der Waals surface area (Å²) in [5.74, 6) is 0. The van der Waals surface area contributed by atoms with E-state index < -0.39 is 0 Å². The molecule has 1 aromatic heterocycles. The molecule has 128 valence electrons. The summed E-state index contributed by atoms with van der Waals surface area (Å²) >= 11 is 7.46. The SMILES string of the molecule is C[C@H](NC(=S)NC1CCCCC1)[C@H](c1cccs1)N1CCCC1. The van der Waals surface area contributed by atoms with Crippen LogP contribution in [0.2, 0.25) is 0 Å². The van der Waals surface area contributed by atoms with E-state index >= 15 is 0 Å². The van der Waals surface area contributed by atoms with Crippen molar-refractivity contribution in [1.29, 1.82) is 0 Å². The smallest absolute Gasteiger partial charge is 0.166 e. The lowest BCUT2D eigenvalue weighted by molar-refractivity contribution is 0.213. The second-order valence-electron chi connectivity index (χ2n) is 6.94. The zero-order valence-corrected chi connectivity index (χ0v) is 15.7. The third-order valence-electron chi connectivity index (χ3n) is 5.14. The third kappa shape index (κ3) is 4.68. The van der Waals surface area contributed by atoms with E-state index in [-0.39, 0.29) is 0 Å². The van der Waals surface area contributed by atoms with Gasteiger partial charge in [0.15, 0.2) is 5.11 Å². The molecular weight excluding hydrogens is 322 g/mol. The molecule has 3 rings (SSSR count). The van der Waals surface area contributed by atoms with Crippen LogP contribution in [0.25, 0.3) is 0 Å². The summed E-state index contributed by atoms with van der Waals surface area (Å²) in [6, 6.07) is 5.76. The van der Waals surface area contributed by atoms with Crippen LogP contribution >= 0.6 is 23.6 Å². The van der Waals surface area contributed by atoms with Gasteiger partial charge in [0.25, 0.3) is 0 Å². The number of hydrogen-bond donors (Lipinski definition) is 2. The average Bonchev–Trinajstić information content (AvgIpc) is 3.22. The Bertz CT molecular complexity index is 476. The quantitative estimate of drug-likeness (QED) is 0.782. The van der Waals surface area contributed by atoms with E-state index in [2.05, 4.69) is 40.0 Å². The number of thiocarbonyl (C=S) groups is 1. The Balaban J connectivity index is 1.59. The van der Waals surface area contributed by atoms with Gasteiger partial charge in [-0.3, -0.25) is 4.90 Å². The zero-order valence-electron chi connectivity index (χ0n) is 14.1. The van der Waals surface area contributed by atoms with Gasteiger partial charge in [0.2, 0.25) is 0 Å². The van der Waals surface area contributed by atoms with E-state index in [0.717, 1.165) is 5.11 Å². The maximum absolute atomic E-state index is 5.60. The molecule has 0 aromatic carbocycles. The molecule has 0 spiro atoms. The van der Waals surface area contributed by atoms with Crippen LogP contribution in [0.15, 0.2) is 17.5 Å². The molecule has 3 nitrogen and oxygen atoms in total. The molecule has 2 heterocycles. The van der Waals surface area contributed by atoms with Gasteiger partial charge in [-0.15, -0.1) is 11.3 Å². The van der Waals surface area contributed by atoms with Crippen LogP contribution in [-0.2, 0) is 0 Å². The number of likely N-dealkylation sites (tertiary alicyclic amines) is 1. The lowest BCUT2D eigenvalue weighted by atomic mass is 9.96. The molecular formula is C18H29N3S2. The molecule has 0 amide bonds. The summed E-state index contributed by atoms with van der Waals surface area (Å²) in [6.45, 7) is 4.69. The molecule has 1 saturated heterocycles. The zero-order chi connectivity index (χ0) is 16.1. The predicted octanol–water partition coefficient (Wildman–Crippen LogP) is 4.07. The van der Waals surface area contributed by atoms with Crippen LogP contribution in [0.1, 0.15) is 62.8 Å². The summed E-state index contributed by atoms with van der Waals surface area (Å²) in [4.78, 5) is 4.07. The molecule has 1 saturated carbocycles. The first-order valence-corrected chi connectivity index (χ1v) is 10.4. The minimum Gasteiger partial charge on any atom is -0.360 e. The first-order valence-electron chi connectivity index (χ1n) is 9.08. The molecule has 2 atom stereocenters. The van der Waals surface area contributed by atoms with Crippen LogP contribution in [-0.4, -0.2) is 35.2 Å². The lowest BCUT2D eigenvalue weighted by Crippen LogP contribution is -2.49. The molecule has 2 aliphatic rings. The minimum absolute atomic E-state index is 0.329. The number of thiophene rings is 1. The fourth-order valence-electron chi connectivity index (χ4n) is 3.98. The lowest BCUT2D eigenvalue weighted by Gasteiger charge is -2.34. The van der Waals surface area contributed by atoms with Crippen molar-refractivity contribution in [3.8, 4) is 0 Å². The van der Waals surface area contributed by atoms with Gasteiger partial charge in [0, 0.05) is 17.0 Å². The van der Waals surface area contributed by atoms with Crippen molar-refractivity contribution in [3.05, 3.63) is 22.4 Å². The fourth-order valence-corrected chi connectivity index (χ4v) is 5.30. The van der Waals surface area contributed by atoms with Gasteiger partial charge < -0.3 is 10.6 Å². The van der Waals surface area contributed by atoms with Crippen molar-refractivity contribution in [2.45, 2.75) is 70.0 Å². The van der Waals surface area contributed by atoms with E-state index in [1.54, 1.807) is 0 Å². The van der Waals surface area contributed by atoms with Crippen molar-refractivity contribution in [2.24, 2.45) is 0 Å². The highest BCUT2D eigenvalue weighted by Gasteiger charge is 2.29. The fraction of sp³-hybridized carbons (Fsp3) is 0.722. The van der Waals surface area contributed by atoms with E-state index in [4.69, 9.17) is 12.2 Å². The Labute approximate surface area is 149 Å². The van der Waals surface area contributed by atoms with Crippen molar-refractivity contribution in [3.63, 3.8) is 0 Å². The number of hydrogen-bond acceptors (Lipinski definition) is 3. The van der Waals surface area contributed by atoms with Gasteiger partial charge in [-0.25, -0.2) is 0 Å². The van der Waals surface area contributed by atoms with Crippen LogP contribution in [0.5, 0.6) is 0 Å². The van der Waals surface area contributed by atoms with E-state index in [9.17, 15) is 0 Å². The summed E-state index contributed by atoms with van der Waals surface area (Å²) < 4.78 is 0. The predicted molar refractivity (Wildman–Crippen MR) is 103 cm³/mol. The topological polar surface area (TPSA) is 27.3 Å². The Morgan fingerprint density at radius 1 is 1.22 bits per heavy atom. The van der Waals surface area contributed by atoms with Gasteiger partial charge in [-0.2, -0.15) is 0 Å². The molecule has 1 aromatic rings. The molecule has 1 aliphatic heterocycles. The molecule has 23 heavy (non-hydrogen) atoms. The molecule has 0 unspecified atom stereocenters. The van der Waals surface area contributed by atoms with E-state index in [0.29, 0.717) is 18.1 Å². The van der Waals surface area contributed by atoms with Gasteiger partial charge >= 0.3 is 0 Å². The molecule has 0 bridgehead atoms. The first-order chi connectivity index (χ1) is 11.2. The molecule has 0 radical (unpaired) electrons. The van der Waals surface area contributed by atoms with Crippen LogP contribution in [0, 0.1) is 0 Å². The highest BCUT2D eigenvalue weighted by Crippen LogP contribution is 2.31. The monoisotopic (exact) mass is 351 g/mol. The normalized spacial score (nSPS) is 22.7. The van der Waals surface area contributed by atoms with Gasteiger partial charge in [-0.1, -0.05) is 25.3 Å². The van der Waals surface area contributed by atoms with Crippen molar-refractivity contribution in [2.75, 3.05) is 13.1 Å². The second kappa shape index (κ2) is 8.45. The maximum Gasteiger partial charge on any atom is 0.166 e. The summed E-state index contributed by atoms with van der Waals surface area (Å²) in [7, 11) is 0. The van der Waals surface area contributed by atoms with Gasteiger partial charge in [0.1, 0.15) is 0 Å². The van der Waals surface area contributed by atoms with Crippen LogP contribution in [0.4, 0.5) is 0 Å². The maximum atomic E-state index is 5.60. The Hall–Kier alpha value is -0.650. The Morgan fingerprint density at radius 2 is 1.96 bits per heavy atom. The van der Waals surface area contributed by atoms with Gasteiger partial charge in [0.05, 0.1) is 6.04 Å².